The Bertz CT molecular complexity index is 550. The van der Waals surface area contributed by atoms with Crippen molar-refractivity contribution in [3.05, 3.63) is 17.3 Å². The van der Waals surface area contributed by atoms with Gasteiger partial charge >= 0.3 is 5.97 Å². The van der Waals surface area contributed by atoms with Gasteiger partial charge < -0.3 is 19.6 Å². The molecule has 0 aromatic carbocycles. The highest BCUT2D eigenvalue weighted by molar-refractivity contribution is 5.93. The molecular formula is C14H20N2O5. The first kappa shape index (κ1) is 15.5. The van der Waals surface area contributed by atoms with Crippen molar-refractivity contribution in [3.8, 4) is 0 Å². The first-order valence-electron chi connectivity index (χ1n) is 6.85. The summed E-state index contributed by atoms with van der Waals surface area (Å²) in [6, 6.07) is 0. The summed E-state index contributed by atoms with van der Waals surface area (Å²) in [6.07, 6.45) is 1.82. The number of ether oxygens (including phenoxy) is 1. The van der Waals surface area contributed by atoms with Crippen LogP contribution in [0.15, 0.2) is 4.42 Å². The van der Waals surface area contributed by atoms with Crippen LogP contribution in [0.1, 0.15) is 54.2 Å². The molecule has 2 N–H and O–H groups in total. The number of carboxylic acids is 1. The second kappa shape index (κ2) is 5.85. The van der Waals surface area contributed by atoms with Crippen molar-refractivity contribution in [2.75, 3.05) is 13.7 Å². The molecule has 1 heterocycles. The maximum atomic E-state index is 12.3. The summed E-state index contributed by atoms with van der Waals surface area (Å²) in [7, 11) is 1.46. The number of hydrogen-bond donors (Lipinski definition) is 2. The Morgan fingerprint density at radius 3 is 2.71 bits per heavy atom. The molecule has 1 atom stereocenters. The zero-order valence-electron chi connectivity index (χ0n) is 12.4. The summed E-state index contributed by atoms with van der Waals surface area (Å²) in [5.41, 5.74) is -0.485. The van der Waals surface area contributed by atoms with Gasteiger partial charge in [0.15, 0.2) is 5.89 Å². The number of carboxylic acid groups (broad SMARTS) is 1. The number of hydrogen-bond acceptors (Lipinski definition) is 5. The van der Waals surface area contributed by atoms with Crippen molar-refractivity contribution in [1.82, 2.24) is 10.3 Å². The van der Waals surface area contributed by atoms with Crippen molar-refractivity contribution < 1.29 is 23.8 Å². The van der Waals surface area contributed by atoms with Gasteiger partial charge in [-0.3, -0.25) is 9.59 Å². The predicted molar refractivity (Wildman–Crippen MR) is 73.2 cm³/mol. The molecule has 0 saturated heterocycles. The maximum Gasteiger partial charge on any atom is 0.305 e. The monoisotopic (exact) mass is 296 g/mol. The summed E-state index contributed by atoms with van der Waals surface area (Å²) in [4.78, 5) is 27.5. The molecule has 2 rings (SSSR count). The Balaban J connectivity index is 2.12. The number of amides is 1. The van der Waals surface area contributed by atoms with Gasteiger partial charge in [-0.15, -0.1) is 0 Å². The van der Waals surface area contributed by atoms with Gasteiger partial charge in [0.25, 0.3) is 5.91 Å². The lowest BCUT2D eigenvalue weighted by Crippen LogP contribution is -2.50. The standard InChI is InChI=1S/C14H20N2O5/c1-8-11(21-13(15-8)9-4-5-9)12(19)16-14(2,7-20-3)6-10(17)18/h9H,4-7H2,1-3H3,(H,16,19)(H,17,18). The van der Waals surface area contributed by atoms with E-state index in [2.05, 4.69) is 10.3 Å². The van der Waals surface area contributed by atoms with Gasteiger partial charge in [0.2, 0.25) is 5.76 Å². The van der Waals surface area contributed by atoms with Gasteiger partial charge in [-0.1, -0.05) is 0 Å². The van der Waals surface area contributed by atoms with E-state index in [0.29, 0.717) is 17.5 Å². The second-order valence-corrected chi connectivity index (χ2v) is 5.76. The molecule has 1 unspecified atom stereocenters. The minimum Gasteiger partial charge on any atom is -0.481 e. The lowest BCUT2D eigenvalue weighted by Gasteiger charge is -2.27. The van der Waals surface area contributed by atoms with Gasteiger partial charge in [-0.2, -0.15) is 0 Å². The Kier molecular flexibility index (Phi) is 4.32. The van der Waals surface area contributed by atoms with Gasteiger partial charge in [0, 0.05) is 13.0 Å². The molecule has 0 bridgehead atoms. The van der Waals surface area contributed by atoms with Gasteiger partial charge in [0.1, 0.15) is 0 Å². The van der Waals surface area contributed by atoms with Crippen molar-refractivity contribution in [1.29, 1.82) is 0 Å². The van der Waals surface area contributed by atoms with Crippen LogP contribution in [0.4, 0.5) is 0 Å². The first-order chi connectivity index (χ1) is 9.84. The zero-order valence-corrected chi connectivity index (χ0v) is 12.4. The number of aryl methyl sites for hydroxylation is 1. The van der Waals surface area contributed by atoms with Crippen LogP contribution in [0, 0.1) is 6.92 Å². The summed E-state index contributed by atoms with van der Waals surface area (Å²) < 4.78 is 10.5. The normalized spacial score (nSPS) is 17.3. The Hall–Kier alpha value is -1.89. The topological polar surface area (TPSA) is 102 Å². The average Bonchev–Trinajstić information content (AvgIpc) is 3.11. The van der Waals surface area contributed by atoms with Gasteiger partial charge in [-0.05, 0) is 26.7 Å². The maximum absolute atomic E-state index is 12.3. The van der Waals surface area contributed by atoms with Crippen molar-refractivity contribution in [3.63, 3.8) is 0 Å². The van der Waals surface area contributed by atoms with Crippen molar-refractivity contribution in [2.24, 2.45) is 0 Å². The molecule has 0 radical (unpaired) electrons. The summed E-state index contributed by atoms with van der Waals surface area (Å²) >= 11 is 0. The highest BCUT2D eigenvalue weighted by Crippen LogP contribution is 2.40. The van der Waals surface area contributed by atoms with Crippen molar-refractivity contribution >= 4 is 11.9 Å². The minimum atomic E-state index is -1.01. The van der Waals surface area contributed by atoms with E-state index >= 15 is 0 Å². The summed E-state index contributed by atoms with van der Waals surface area (Å²) in [5, 5.41) is 11.6. The summed E-state index contributed by atoms with van der Waals surface area (Å²) in [5.74, 6) is -0.431. The number of aromatic nitrogens is 1. The van der Waals surface area contributed by atoms with Crippen LogP contribution in [0.25, 0.3) is 0 Å². The zero-order chi connectivity index (χ0) is 15.6. The fourth-order valence-electron chi connectivity index (χ4n) is 2.25. The molecule has 7 nitrogen and oxygen atoms in total. The molecular weight excluding hydrogens is 276 g/mol. The van der Waals surface area contributed by atoms with Crippen LogP contribution in [0.5, 0.6) is 0 Å². The van der Waals surface area contributed by atoms with Crippen LogP contribution in [-0.2, 0) is 9.53 Å². The number of oxazole rings is 1. The third kappa shape index (κ3) is 3.81. The number of methoxy groups -OCH3 is 1. The van der Waals surface area contributed by atoms with Crippen LogP contribution in [0.3, 0.4) is 0 Å². The number of rotatable bonds is 7. The second-order valence-electron chi connectivity index (χ2n) is 5.76. The van der Waals surface area contributed by atoms with E-state index in [0.717, 1.165) is 12.8 Å². The molecule has 1 aliphatic carbocycles. The van der Waals surface area contributed by atoms with Crippen LogP contribution in [-0.4, -0.2) is 41.2 Å². The molecule has 1 fully saturated rings. The average molecular weight is 296 g/mol. The number of carbonyl (C=O) groups is 2. The van der Waals surface area contributed by atoms with E-state index < -0.39 is 17.4 Å². The first-order valence-corrected chi connectivity index (χ1v) is 6.85. The molecule has 1 aromatic rings. The highest BCUT2D eigenvalue weighted by atomic mass is 16.5. The third-order valence-electron chi connectivity index (χ3n) is 3.37. The fourth-order valence-corrected chi connectivity index (χ4v) is 2.25. The SMILES string of the molecule is COCC(C)(CC(=O)O)NC(=O)c1oc(C2CC2)nc1C. The third-order valence-corrected chi connectivity index (χ3v) is 3.37. The number of nitrogens with zero attached hydrogens (tertiary/aromatic N) is 1. The van der Waals surface area contributed by atoms with E-state index in [1.54, 1.807) is 13.8 Å². The van der Waals surface area contributed by atoms with E-state index in [1.807, 2.05) is 0 Å². The molecule has 1 saturated carbocycles. The summed E-state index contributed by atoms with van der Waals surface area (Å²) in [6.45, 7) is 3.42. The van der Waals surface area contributed by atoms with Crippen LogP contribution in [0.2, 0.25) is 0 Å². The molecule has 1 amide bonds. The van der Waals surface area contributed by atoms with Crippen LogP contribution >= 0.6 is 0 Å². The number of aliphatic carboxylic acids is 1. The van der Waals surface area contributed by atoms with Gasteiger partial charge in [0.05, 0.1) is 24.3 Å². The fraction of sp³-hybridized carbons (Fsp3) is 0.643. The Morgan fingerprint density at radius 2 is 2.19 bits per heavy atom. The largest absolute Gasteiger partial charge is 0.481 e. The van der Waals surface area contributed by atoms with E-state index in [-0.39, 0.29) is 18.8 Å². The van der Waals surface area contributed by atoms with E-state index in [9.17, 15) is 9.59 Å². The van der Waals surface area contributed by atoms with Crippen molar-refractivity contribution in [2.45, 2.75) is 44.6 Å². The molecule has 21 heavy (non-hydrogen) atoms. The number of carbonyl (C=O) groups excluding carboxylic acids is 1. The van der Waals surface area contributed by atoms with E-state index in [4.69, 9.17) is 14.3 Å². The molecule has 0 aliphatic heterocycles. The molecule has 1 aliphatic rings. The molecule has 0 spiro atoms. The van der Waals surface area contributed by atoms with Gasteiger partial charge in [-0.25, -0.2) is 4.98 Å². The highest BCUT2D eigenvalue weighted by Gasteiger charge is 2.34. The van der Waals surface area contributed by atoms with Crippen LogP contribution < -0.4 is 5.32 Å². The quantitative estimate of drug-likeness (QED) is 0.790. The Labute approximate surface area is 122 Å². The molecule has 116 valence electrons. The smallest absolute Gasteiger partial charge is 0.305 e. The minimum absolute atomic E-state index is 0.0910. The predicted octanol–water partition coefficient (Wildman–Crippen LogP) is 1.47. The lowest BCUT2D eigenvalue weighted by atomic mass is 9.98. The van der Waals surface area contributed by atoms with E-state index in [1.165, 1.54) is 7.11 Å². The number of nitrogens with one attached hydrogen (secondary N) is 1. The Morgan fingerprint density at radius 1 is 1.52 bits per heavy atom. The lowest BCUT2D eigenvalue weighted by molar-refractivity contribution is -0.139. The molecule has 1 aromatic heterocycles. The molecule has 7 heteroatoms.